The summed E-state index contributed by atoms with van der Waals surface area (Å²) in [6, 6.07) is 8.07. The van der Waals surface area contributed by atoms with E-state index in [2.05, 4.69) is 19.9 Å². The van der Waals surface area contributed by atoms with Crippen LogP contribution in [0.3, 0.4) is 0 Å². The summed E-state index contributed by atoms with van der Waals surface area (Å²) in [6.45, 7) is 1.85. The maximum Gasteiger partial charge on any atom is 0.451 e. The van der Waals surface area contributed by atoms with Gasteiger partial charge in [-0.2, -0.15) is 13.2 Å². The summed E-state index contributed by atoms with van der Waals surface area (Å²) >= 11 is 0. The standard InChI is InChI=1S/C17H15F3N4/c18-17(19,20)16-22-8-12-5-7-24(10-14(12)23-16)9-13-3-1-2-11-4-6-21-15(11)13/h1-4,6,8,21H,5,7,9-10H2. The molecule has 4 nitrogen and oxygen atoms in total. The summed E-state index contributed by atoms with van der Waals surface area (Å²) in [7, 11) is 0. The van der Waals surface area contributed by atoms with E-state index in [0.29, 0.717) is 25.2 Å². The van der Waals surface area contributed by atoms with Crippen LogP contribution in [0.5, 0.6) is 0 Å². The van der Waals surface area contributed by atoms with Crippen molar-refractivity contribution in [3.63, 3.8) is 0 Å². The van der Waals surface area contributed by atoms with Crippen LogP contribution in [0.1, 0.15) is 22.6 Å². The van der Waals surface area contributed by atoms with E-state index in [0.717, 1.165) is 28.6 Å². The number of halogens is 3. The summed E-state index contributed by atoms with van der Waals surface area (Å²) in [5.74, 6) is -1.06. The molecule has 3 heterocycles. The minimum Gasteiger partial charge on any atom is -0.361 e. The van der Waals surface area contributed by atoms with Crippen molar-refractivity contribution in [2.24, 2.45) is 0 Å². The van der Waals surface area contributed by atoms with E-state index in [-0.39, 0.29) is 0 Å². The van der Waals surface area contributed by atoms with Crippen LogP contribution < -0.4 is 0 Å². The van der Waals surface area contributed by atoms with Gasteiger partial charge in [-0.05, 0) is 29.0 Å². The van der Waals surface area contributed by atoms with Crippen molar-refractivity contribution in [1.82, 2.24) is 19.9 Å². The second-order valence-corrected chi connectivity index (χ2v) is 5.98. The van der Waals surface area contributed by atoms with Gasteiger partial charge in [-0.3, -0.25) is 4.90 Å². The molecule has 4 rings (SSSR count). The number of benzene rings is 1. The second-order valence-electron chi connectivity index (χ2n) is 5.98. The molecule has 0 saturated heterocycles. The molecular formula is C17H15F3N4. The Labute approximate surface area is 136 Å². The average molecular weight is 332 g/mol. The van der Waals surface area contributed by atoms with Crippen molar-refractivity contribution < 1.29 is 13.2 Å². The van der Waals surface area contributed by atoms with Crippen LogP contribution >= 0.6 is 0 Å². The minimum atomic E-state index is -4.51. The zero-order valence-corrected chi connectivity index (χ0v) is 12.8. The van der Waals surface area contributed by atoms with Gasteiger partial charge < -0.3 is 4.98 Å². The highest BCUT2D eigenvalue weighted by molar-refractivity contribution is 5.82. The van der Waals surface area contributed by atoms with E-state index in [4.69, 9.17) is 0 Å². The number of fused-ring (bicyclic) bond motifs is 2. The van der Waals surface area contributed by atoms with Crippen LogP contribution in [0, 0.1) is 0 Å². The Bertz CT molecular complexity index is 885. The molecule has 1 aliphatic heterocycles. The van der Waals surface area contributed by atoms with Gasteiger partial charge in [0.1, 0.15) is 0 Å². The van der Waals surface area contributed by atoms with E-state index in [1.165, 1.54) is 6.20 Å². The van der Waals surface area contributed by atoms with Crippen molar-refractivity contribution in [3.05, 3.63) is 59.3 Å². The summed E-state index contributed by atoms with van der Waals surface area (Å²) in [6.07, 6.45) is -0.641. The average Bonchev–Trinajstić information content (AvgIpc) is 3.03. The summed E-state index contributed by atoms with van der Waals surface area (Å²) in [4.78, 5) is 12.5. The smallest absolute Gasteiger partial charge is 0.361 e. The number of alkyl halides is 3. The number of aromatic nitrogens is 3. The zero-order chi connectivity index (χ0) is 16.7. The molecule has 124 valence electrons. The molecule has 0 radical (unpaired) electrons. The first-order chi connectivity index (χ1) is 11.5. The molecule has 0 aliphatic carbocycles. The van der Waals surface area contributed by atoms with E-state index in [1.54, 1.807) is 0 Å². The summed E-state index contributed by atoms with van der Waals surface area (Å²) in [5.41, 5.74) is 3.48. The molecule has 1 N–H and O–H groups in total. The Morgan fingerprint density at radius 2 is 2.08 bits per heavy atom. The van der Waals surface area contributed by atoms with E-state index in [1.807, 2.05) is 30.5 Å². The molecule has 7 heteroatoms. The molecule has 3 aromatic rings. The predicted octanol–water partition coefficient (Wildman–Crippen LogP) is 3.54. The lowest BCUT2D eigenvalue weighted by Crippen LogP contribution is -2.31. The lowest BCUT2D eigenvalue weighted by molar-refractivity contribution is -0.145. The van der Waals surface area contributed by atoms with Crippen molar-refractivity contribution >= 4 is 10.9 Å². The van der Waals surface area contributed by atoms with Crippen LogP contribution in [0.2, 0.25) is 0 Å². The van der Waals surface area contributed by atoms with Crippen LogP contribution in [0.25, 0.3) is 10.9 Å². The maximum absolute atomic E-state index is 12.8. The Hall–Kier alpha value is -2.41. The fourth-order valence-corrected chi connectivity index (χ4v) is 3.15. The first-order valence-corrected chi connectivity index (χ1v) is 7.70. The lowest BCUT2D eigenvalue weighted by atomic mass is 10.1. The number of hydrogen-bond acceptors (Lipinski definition) is 3. The monoisotopic (exact) mass is 332 g/mol. The summed E-state index contributed by atoms with van der Waals surface area (Å²) < 4.78 is 38.4. The fraction of sp³-hybridized carbons (Fsp3) is 0.294. The molecule has 1 aliphatic rings. The maximum atomic E-state index is 12.8. The molecule has 0 unspecified atom stereocenters. The Balaban J connectivity index is 1.59. The third-order valence-corrected chi connectivity index (χ3v) is 4.35. The molecule has 0 fully saturated rings. The van der Waals surface area contributed by atoms with Crippen LogP contribution in [-0.2, 0) is 25.7 Å². The normalized spacial score (nSPS) is 15.6. The highest BCUT2D eigenvalue weighted by Crippen LogP contribution is 2.28. The van der Waals surface area contributed by atoms with Crippen molar-refractivity contribution in [2.45, 2.75) is 25.7 Å². The number of H-pyrrole nitrogens is 1. The third-order valence-electron chi connectivity index (χ3n) is 4.35. The topological polar surface area (TPSA) is 44.8 Å². The van der Waals surface area contributed by atoms with Gasteiger partial charge in [0, 0.05) is 37.5 Å². The third kappa shape index (κ3) is 2.75. The number of nitrogens with zero attached hydrogens (tertiary/aromatic N) is 3. The Morgan fingerprint density at radius 3 is 2.92 bits per heavy atom. The van der Waals surface area contributed by atoms with Crippen LogP contribution in [0.4, 0.5) is 13.2 Å². The molecule has 0 spiro atoms. The quantitative estimate of drug-likeness (QED) is 0.781. The number of para-hydroxylation sites is 1. The largest absolute Gasteiger partial charge is 0.451 e. The van der Waals surface area contributed by atoms with Crippen LogP contribution in [0.15, 0.2) is 36.7 Å². The SMILES string of the molecule is FC(F)(F)c1ncc2c(n1)CN(Cc1cccc3cc[nH]c13)CC2. The fourth-order valence-electron chi connectivity index (χ4n) is 3.15. The number of aromatic amines is 1. The van der Waals surface area contributed by atoms with Crippen LogP contribution in [-0.4, -0.2) is 26.4 Å². The van der Waals surface area contributed by atoms with E-state index < -0.39 is 12.0 Å². The van der Waals surface area contributed by atoms with Gasteiger partial charge in [0.05, 0.1) is 5.69 Å². The first-order valence-electron chi connectivity index (χ1n) is 7.70. The van der Waals surface area contributed by atoms with Gasteiger partial charge in [-0.1, -0.05) is 18.2 Å². The molecule has 2 aromatic heterocycles. The molecule has 1 aromatic carbocycles. The van der Waals surface area contributed by atoms with Gasteiger partial charge in [-0.25, -0.2) is 9.97 Å². The van der Waals surface area contributed by atoms with E-state index >= 15 is 0 Å². The second kappa shape index (κ2) is 5.59. The zero-order valence-electron chi connectivity index (χ0n) is 12.8. The molecule has 0 bridgehead atoms. The van der Waals surface area contributed by atoms with Gasteiger partial charge in [-0.15, -0.1) is 0 Å². The van der Waals surface area contributed by atoms with Gasteiger partial charge in [0.2, 0.25) is 5.82 Å². The number of nitrogens with one attached hydrogen (secondary N) is 1. The Kier molecular flexibility index (Phi) is 3.53. The molecule has 0 saturated carbocycles. The van der Waals surface area contributed by atoms with Gasteiger partial charge in [0.15, 0.2) is 0 Å². The first kappa shape index (κ1) is 15.1. The van der Waals surface area contributed by atoms with Crippen molar-refractivity contribution in [2.75, 3.05) is 6.54 Å². The molecule has 0 atom stereocenters. The highest BCUT2D eigenvalue weighted by Gasteiger charge is 2.35. The van der Waals surface area contributed by atoms with Gasteiger partial charge in [0.25, 0.3) is 0 Å². The number of hydrogen-bond donors (Lipinski definition) is 1. The molecule has 0 amide bonds. The predicted molar refractivity (Wildman–Crippen MR) is 83.2 cm³/mol. The van der Waals surface area contributed by atoms with Crippen molar-refractivity contribution in [3.8, 4) is 0 Å². The van der Waals surface area contributed by atoms with E-state index in [9.17, 15) is 13.2 Å². The molecular weight excluding hydrogens is 317 g/mol. The minimum absolute atomic E-state index is 0.401. The Morgan fingerprint density at radius 1 is 1.21 bits per heavy atom. The van der Waals surface area contributed by atoms with Gasteiger partial charge >= 0.3 is 6.18 Å². The lowest BCUT2D eigenvalue weighted by Gasteiger charge is -2.28. The molecule has 24 heavy (non-hydrogen) atoms. The highest BCUT2D eigenvalue weighted by atomic mass is 19.4. The summed E-state index contributed by atoms with van der Waals surface area (Å²) in [5, 5.41) is 1.13. The number of rotatable bonds is 2. The van der Waals surface area contributed by atoms with Crippen molar-refractivity contribution in [1.29, 1.82) is 0 Å².